The van der Waals surface area contributed by atoms with Crippen molar-refractivity contribution >= 4 is 37.6 Å². The molecule has 0 saturated heterocycles. The minimum Gasteiger partial charge on any atom is -0.495 e. The average molecular weight is 419 g/mol. The lowest BCUT2D eigenvalue weighted by Crippen LogP contribution is -2.25. The normalized spacial score (nSPS) is 11.4. The monoisotopic (exact) mass is 417 g/mol. The molecule has 0 amide bonds. The Morgan fingerprint density at radius 2 is 1.96 bits per heavy atom. The fourth-order valence-electron chi connectivity index (χ4n) is 2.12. The van der Waals surface area contributed by atoms with E-state index in [4.69, 9.17) is 16.3 Å². The van der Waals surface area contributed by atoms with E-state index in [0.29, 0.717) is 34.6 Å². The third kappa shape index (κ3) is 4.94. The molecule has 124 valence electrons. The largest absolute Gasteiger partial charge is 0.495 e. The van der Waals surface area contributed by atoms with Gasteiger partial charge in [0.1, 0.15) is 10.6 Å². The van der Waals surface area contributed by atoms with Gasteiger partial charge in [0.2, 0.25) is 10.0 Å². The maximum Gasteiger partial charge on any atom is 0.244 e. The average Bonchev–Trinajstić information content (AvgIpc) is 2.53. The molecule has 0 atom stereocenters. The maximum atomic E-state index is 12.4. The van der Waals surface area contributed by atoms with Crippen molar-refractivity contribution in [2.75, 3.05) is 13.7 Å². The van der Waals surface area contributed by atoms with Gasteiger partial charge in [-0.3, -0.25) is 0 Å². The van der Waals surface area contributed by atoms with Gasteiger partial charge in [0.25, 0.3) is 0 Å². The number of methoxy groups -OCH3 is 1. The second-order valence-corrected chi connectivity index (χ2v) is 7.95. The van der Waals surface area contributed by atoms with Crippen molar-refractivity contribution in [3.8, 4) is 5.75 Å². The molecular formula is C16H17BrClNO3S. The number of rotatable bonds is 7. The minimum absolute atomic E-state index is 0.118. The Labute approximate surface area is 150 Å². The molecule has 1 N–H and O–H groups in total. The Kier molecular flexibility index (Phi) is 6.47. The Morgan fingerprint density at radius 3 is 2.65 bits per heavy atom. The van der Waals surface area contributed by atoms with Gasteiger partial charge in [-0.25, -0.2) is 13.1 Å². The Bertz CT molecular complexity index is 781. The topological polar surface area (TPSA) is 55.4 Å². The molecule has 0 aromatic heterocycles. The molecule has 0 saturated carbocycles. The molecule has 0 unspecified atom stereocenters. The van der Waals surface area contributed by atoms with Crippen LogP contribution in [0.2, 0.25) is 5.02 Å². The first kappa shape index (κ1) is 18.3. The van der Waals surface area contributed by atoms with Gasteiger partial charge in [-0.2, -0.15) is 0 Å². The number of sulfonamides is 1. The molecule has 0 radical (unpaired) electrons. The van der Waals surface area contributed by atoms with E-state index in [2.05, 4.69) is 20.7 Å². The summed E-state index contributed by atoms with van der Waals surface area (Å²) in [6, 6.07) is 12.4. The zero-order valence-corrected chi connectivity index (χ0v) is 15.7. The molecule has 0 aliphatic heterocycles. The molecule has 0 bridgehead atoms. The number of hydrogen-bond acceptors (Lipinski definition) is 3. The highest BCUT2D eigenvalue weighted by Gasteiger charge is 2.19. The standard InChI is InChI=1S/C16H17BrClNO3S/c1-22-15-9-8-13(17)11-16(15)23(20,21)19-10-4-6-12-5-2-3-7-14(12)18/h2-3,5,7-9,11,19H,4,6,10H2,1H3. The SMILES string of the molecule is COc1ccc(Br)cc1S(=O)(=O)NCCCc1ccccc1Cl. The van der Waals surface area contributed by atoms with Crippen LogP contribution >= 0.6 is 27.5 Å². The van der Waals surface area contributed by atoms with E-state index in [-0.39, 0.29) is 4.90 Å². The fourth-order valence-corrected chi connectivity index (χ4v) is 4.13. The molecular weight excluding hydrogens is 402 g/mol. The molecule has 2 aromatic carbocycles. The molecule has 2 aromatic rings. The summed E-state index contributed by atoms with van der Waals surface area (Å²) in [6.07, 6.45) is 1.36. The van der Waals surface area contributed by atoms with Crippen LogP contribution in [0.3, 0.4) is 0 Å². The quantitative estimate of drug-likeness (QED) is 0.691. The first-order valence-electron chi connectivity index (χ1n) is 7.00. The van der Waals surface area contributed by atoms with Crippen LogP contribution in [0.4, 0.5) is 0 Å². The zero-order chi connectivity index (χ0) is 16.9. The molecule has 2 rings (SSSR count). The van der Waals surface area contributed by atoms with E-state index in [0.717, 1.165) is 5.56 Å². The van der Waals surface area contributed by atoms with Crippen LogP contribution in [0, 0.1) is 0 Å². The Hall–Kier alpha value is -1.08. The molecule has 0 aliphatic carbocycles. The zero-order valence-electron chi connectivity index (χ0n) is 12.6. The van der Waals surface area contributed by atoms with Gasteiger partial charge in [-0.05, 0) is 42.7 Å². The second kappa shape index (κ2) is 8.15. The van der Waals surface area contributed by atoms with Gasteiger partial charge < -0.3 is 4.74 Å². The predicted molar refractivity (Wildman–Crippen MR) is 95.7 cm³/mol. The highest BCUT2D eigenvalue weighted by Crippen LogP contribution is 2.27. The summed E-state index contributed by atoms with van der Waals surface area (Å²) in [6.45, 7) is 0.323. The van der Waals surface area contributed by atoms with E-state index in [1.165, 1.54) is 13.2 Å². The van der Waals surface area contributed by atoms with E-state index < -0.39 is 10.0 Å². The molecule has 0 heterocycles. The predicted octanol–water partition coefficient (Wildman–Crippen LogP) is 4.02. The number of ether oxygens (including phenoxy) is 1. The van der Waals surface area contributed by atoms with Crippen LogP contribution in [0.25, 0.3) is 0 Å². The summed E-state index contributed by atoms with van der Waals surface area (Å²) in [5, 5.41) is 0.698. The number of hydrogen-bond donors (Lipinski definition) is 1. The first-order chi connectivity index (χ1) is 10.9. The number of nitrogens with one attached hydrogen (secondary N) is 1. The number of aryl methyl sites for hydroxylation is 1. The summed E-state index contributed by atoms with van der Waals surface area (Å²) in [5.41, 5.74) is 1.01. The molecule has 0 aliphatic rings. The summed E-state index contributed by atoms with van der Waals surface area (Å²) in [4.78, 5) is 0.118. The fraction of sp³-hybridized carbons (Fsp3) is 0.250. The van der Waals surface area contributed by atoms with Crippen LogP contribution in [0.15, 0.2) is 51.8 Å². The van der Waals surface area contributed by atoms with Crippen molar-refractivity contribution in [2.24, 2.45) is 0 Å². The van der Waals surface area contributed by atoms with E-state index >= 15 is 0 Å². The van der Waals surface area contributed by atoms with Crippen LogP contribution in [-0.4, -0.2) is 22.1 Å². The third-order valence-corrected chi connectivity index (χ3v) is 5.63. The summed E-state index contributed by atoms with van der Waals surface area (Å²) in [7, 11) is -2.18. The van der Waals surface area contributed by atoms with Crippen molar-refractivity contribution in [2.45, 2.75) is 17.7 Å². The van der Waals surface area contributed by atoms with Crippen molar-refractivity contribution in [3.05, 3.63) is 57.5 Å². The minimum atomic E-state index is -3.63. The molecule has 0 spiro atoms. The Balaban J connectivity index is 2.00. The summed E-state index contributed by atoms with van der Waals surface area (Å²) < 4.78 is 33.2. The number of benzene rings is 2. The lowest BCUT2D eigenvalue weighted by atomic mass is 10.1. The lowest BCUT2D eigenvalue weighted by Gasteiger charge is -2.11. The van der Waals surface area contributed by atoms with Gasteiger partial charge in [-0.15, -0.1) is 0 Å². The highest BCUT2D eigenvalue weighted by molar-refractivity contribution is 9.10. The van der Waals surface area contributed by atoms with Gasteiger partial charge in [0, 0.05) is 16.0 Å². The maximum absolute atomic E-state index is 12.4. The summed E-state index contributed by atoms with van der Waals surface area (Å²) in [5.74, 6) is 0.312. The summed E-state index contributed by atoms with van der Waals surface area (Å²) >= 11 is 9.36. The van der Waals surface area contributed by atoms with Crippen LogP contribution in [-0.2, 0) is 16.4 Å². The van der Waals surface area contributed by atoms with Gasteiger partial charge >= 0.3 is 0 Å². The highest BCUT2D eigenvalue weighted by atomic mass is 79.9. The van der Waals surface area contributed by atoms with Crippen molar-refractivity contribution in [1.29, 1.82) is 0 Å². The van der Waals surface area contributed by atoms with E-state index in [1.807, 2.05) is 24.3 Å². The van der Waals surface area contributed by atoms with E-state index in [9.17, 15) is 8.42 Å². The lowest BCUT2D eigenvalue weighted by molar-refractivity contribution is 0.402. The van der Waals surface area contributed by atoms with Crippen molar-refractivity contribution in [3.63, 3.8) is 0 Å². The van der Waals surface area contributed by atoms with Crippen molar-refractivity contribution in [1.82, 2.24) is 4.72 Å². The Morgan fingerprint density at radius 1 is 1.22 bits per heavy atom. The van der Waals surface area contributed by atoms with Crippen LogP contribution in [0.5, 0.6) is 5.75 Å². The molecule has 7 heteroatoms. The van der Waals surface area contributed by atoms with Crippen molar-refractivity contribution < 1.29 is 13.2 Å². The van der Waals surface area contributed by atoms with Gasteiger partial charge in [-0.1, -0.05) is 45.7 Å². The number of halogens is 2. The molecule has 0 fully saturated rings. The molecule has 4 nitrogen and oxygen atoms in total. The third-order valence-electron chi connectivity index (χ3n) is 3.29. The van der Waals surface area contributed by atoms with Gasteiger partial charge in [0.05, 0.1) is 7.11 Å². The second-order valence-electron chi connectivity index (χ2n) is 4.89. The smallest absolute Gasteiger partial charge is 0.244 e. The van der Waals surface area contributed by atoms with Crippen LogP contribution in [0.1, 0.15) is 12.0 Å². The molecule has 23 heavy (non-hydrogen) atoms. The van der Waals surface area contributed by atoms with Crippen LogP contribution < -0.4 is 9.46 Å². The first-order valence-corrected chi connectivity index (χ1v) is 9.66. The van der Waals surface area contributed by atoms with E-state index in [1.54, 1.807) is 12.1 Å². The van der Waals surface area contributed by atoms with Gasteiger partial charge in [0.15, 0.2) is 0 Å².